The van der Waals surface area contributed by atoms with Crippen LogP contribution in [0.2, 0.25) is 0 Å². The van der Waals surface area contributed by atoms with E-state index in [1.807, 2.05) is 0 Å². The normalized spacial score (nSPS) is 20.5. The lowest BCUT2D eigenvalue weighted by Gasteiger charge is -2.21. The van der Waals surface area contributed by atoms with E-state index in [4.69, 9.17) is 4.74 Å². The van der Waals surface area contributed by atoms with Crippen LogP contribution >= 0.6 is 0 Å². The molecule has 0 unspecified atom stereocenters. The number of pyridine rings is 1. The summed E-state index contributed by atoms with van der Waals surface area (Å²) >= 11 is 0. The molecular formula is C17H16N4O3. The van der Waals surface area contributed by atoms with E-state index in [1.54, 1.807) is 62.7 Å². The third-order valence-electron chi connectivity index (χ3n) is 3.83. The van der Waals surface area contributed by atoms with Gasteiger partial charge in [-0.15, -0.1) is 5.01 Å². The molecule has 24 heavy (non-hydrogen) atoms. The van der Waals surface area contributed by atoms with Crippen LogP contribution in [0.25, 0.3) is 0 Å². The molecule has 1 aromatic heterocycles. The smallest absolute Gasteiger partial charge is 0.346 e. The highest BCUT2D eigenvalue weighted by Gasteiger charge is 2.49. The number of carbonyl (C=O) groups excluding carboxylic acids is 2. The first-order valence-electron chi connectivity index (χ1n) is 7.31. The summed E-state index contributed by atoms with van der Waals surface area (Å²) in [5, 5.41) is 7.47. The Kier molecular flexibility index (Phi) is 3.99. The van der Waals surface area contributed by atoms with Gasteiger partial charge in [-0.25, -0.2) is 4.79 Å². The van der Waals surface area contributed by atoms with Gasteiger partial charge in [-0.2, -0.15) is 5.10 Å². The van der Waals surface area contributed by atoms with Crippen LogP contribution in [0.4, 0.5) is 4.79 Å². The van der Waals surface area contributed by atoms with Gasteiger partial charge in [-0.1, -0.05) is 18.2 Å². The number of carbonyl (C=O) groups is 2. The number of imide groups is 1. The highest BCUT2D eigenvalue weighted by Crippen LogP contribution is 2.30. The summed E-state index contributed by atoms with van der Waals surface area (Å²) in [4.78, 5) is 28.9. The van der Waals surface area contributed by atoms with E-state index >= 15 is 0 Å². The molecular weight excluding hydrogens is 308 g/mol. The molecule has 1 fully saturated rings. The van der Waals surface area contributed by atoms with Crippen LogP contribution in [0.5, 0.6) is 5.75 Å². The molecule has 1 atom stereocenters. The SMILES string of the molecule is COc1ccc([C@@]2(C)NC(=O)N(/N=C\c3ccccn3)C2=O)cc1. The highest BCUT2D eigenvalue weighted by molar-refractivity contribution is 6.07. The summed E-state index contributed by atoms with van der Waals surface area (Å²) < 4.78 is 5.11. The van der Waals surface area contributed by atoms with Gasteiger partial charge in [0.15, 0.2) is 0 Å². The number of rotatable bonds is 4. The number of hydrogen-bond acceptors (Lipinski definition) is 5. The van der Waals surface area contributed by atoms with Crippen LogP contribution in [0.3, 0.4) is 0 Å². The van der Waals surface area contributed by atoms with Gasteiger partial charge in [0, 0.05) is 6.20 Å². The molecule has 7 heteroatoms. The summed E-state index contributed by atoms with van der Waals surface area (Å²) in [5.41, 5.74) is 0.0264. The maximum atomic E-state index is 12.7. The average Bonchev–Trinajstić information content (AvgIpc) is 2.84. The fourth-order valence-corrected chi connectivity index (χ4v) is 2.42. The van der Waals surface area contributed by atoms with E-state index in [2.05, 4.69) is 15.4 Å². The van der Waals surface area contributed by atoms with Crippen molar-refractivity contribution in [2.24, 2.45) is 5.10 Å². The Morgan fingerprint density at radius 3 is 2.58 bits per heavy atom. The molecule has 1 N–H and O–H groups in total. The second kappa shape index (κ2) is 6.11. The standard InChI is InChI=1S/C17H16N4O3/c1-17(12-6-8-14(24-2)9-7-12)15(22)21(16(23)20-17)19-11-13-5-3-4-10-18-13/h3-11H,1-2H3,(H,20,23)/b19-11-/t17-/m1/s1. The summed E-state index contributed by atoms with van der Waals surface area (Å²) in [5.74, 6) is 0.217. The van der Waals surface area contributed by atoms with Crippen LogP contribution in [0.1, 0.15) is 18.2 Å². The zero-order valence-corrected chi connectivity index (χ0v) is 13.3. The number of aromatic nitrogens is 1. The highest BCUT2D eigenvalue weighted by atomic mass is 16.5. The monoisotopic (exact) mass is 324 g/mol. The molecule has 122 valence electrons. The predicted molar refractivity (Wildman–Crippen MR) is 87.6 cm³/mol. The second-order valence-corrected chi connectivity index (χ2v) is 5.40. The number of benzene rings is 1. The van der Waals surface area contributed by atoms with Gasteiger partial charge in [0.05, 0.1) is 19.0 Å². The molecule has 1 aromatic carbocycles. The fraction of sp³-hybridized carbons (Fsp3) is 0.176. The van der Waals surface area contributed by atoms with Gasteiger partial charge in [0.25, 0.3) is 5.91 Å². The number of ether oxygens (including phenoxy) is 1. The maximum absolute atomic E-state index is 12.7. The van der Waals surface area contributed by atoms with Gasteiger partial charge < -0.3 is 10.1 Å². The zero-order valence-electron chi connectivity index (χ0n) is 13.3. The molecule has 0 saturated carbocycles. The molecule has 0 bridgehead atoms. The molecule has 2 heterocycles. The summed E-state index contributed by atoms with van der Waals surface area (Å²) in [6.45, 7) is 1.64. The Labute approximate surface area is 139 Å². The summed E-state index contributed by atoms with van der Waals surface area (Å²) in [6.07, 6.45) is 2.98. The number of methoxy groups -OCH3 is 1. The number of hydrazone groups is 1. The summed E-state index contributed by atoms with van der Waals surface area (Å²) in [7, 11) is 1.56. The molecule has 3 amide bonds. The number of urea groups is 1. The number of amides is 3. The van der Waals surface area contributed by atoms with Gasteiger partial charge in [-0.3, -0.25) is 9.78 Å². The van der Waals surface area contributed by atoms with E-state index < -0.39 is 17.5 Å². The molecule has 7 nitrogen and oxygen atoms in total. The van der Waals surface area contributed by atoms with Crippen molar-refractivity contribution in [1.82, 2.24) is 15.3 Å². The van der Waals surface area contributed by atoms with Crippen molar-refractivity contribution >= 4 is 18.2 Å². The largest absolute Gasteiger partial charge is 0.497 e. The molecule has 2 aromatic rings. The minimum absolute atomic E-state index is 0.454. The lowest BCUT2D eigenvalue weighted by atomic mass is 9.92. The molecule has 1 saturated heterocycles. The first-order valence-corrected chi connectivity index (χ1v) is 7.31. The van der Waals surface area contributed by atoms with Crippen LogP contribution in [0, 0.1) is 0 Å². The molecule has 0 spiro atoms. The molecule has 1 aliphatic rings. The lowest BCUT2D eigenvalue weighted by molar-refractivity contribution is -0.131. The number of hydrogen-bond donors (Lipinski definition) is 1. The van der Waals surface area contributed by atoms with E-state index in [0.29, 0.717) is 17.0 Å². The molecule has 1 aliphatic heterocycles. The predicted octanol–water partition coefficient (Wildman–Crippen LogP) is 1.89. The van der Waals surface area contributed by atoms with Crippen molar-refractivity contribution in [2.75, 3.05) is 7.11 Å². The Morgan fingerprint density at radius 2 is 1.96 bits per heavy atom. The molecule has 0 radical (unpaired) electrons. The zero-order chi connectivity index (χ0) is 17.2. The lowest BCUT2D eigenvalue weighted by Crippen LogP contribution is -2.40. The van der Waals surface area contributed by atoms with Crippen LogP contribution in [0.15, 0.2) is 53.8 Å². The van der Waals surface area contributed by atoms with Gasteiger partial charge in [0.2, 0.25) is 0 Å². The van der Waals surface area contributed by atoms with Gasteiger partial charge in [0.1, 0.15) is 11.3 Å². The Bertz CT molecular complexity index is 789. The Hall–Kier alpha value is -3.22. The number of nitrogens with one attached hydrogen (secondary N) is 1. The van der Waals surface area contributed by atoms with E-state index in [-0.39, 0.29) is 0 Å². The Morgan fingerprint density at radius 1 is 1.21 bits per heavy atom. The number of nitrogens with zero attached hydrogens (tertiary/aromatic N) is 3. The van der Waals surface area contributed by atoms with Crippen LogP contribution in [-0.4, -0.2) is 35.3 Å². The van der Waals surface area contributed by atoms with Crippen LogP contribution in [-0.2, 0) is 10.3 Å². The minimum atomic E-state index is -1.18. The average molecular weight is 324 g/mol. The first-order chi connectivity index (χ1) is 11.5. The Balaban J connectivity index is 1.86. The van der Waals surface area contributed by atoms with Crippen molar-refractivity contribution in [1.29, 1.82) is 0 Å². The van der Waals surface area contributed by atoms with Crippen molar-refractivity contribution in [3.63, 3.8) is 0 Å². The first kappa shape index (κ1) is 15.7. The minimum Gasteiger partial charge on any atom is -0.497 e. The topological polar surface area (TPSA) is 83.9 Å². The van der Waals surface area contributed by atoms with Crippen molar-refractivity contribution in [3.8, 4) is 5.75 Å². The van der Waals surface area contributed by atoms with Crippen molar-refractivity contribution in [2.45, 2.75) is 12.5 Å². The van der Waals surface area contributed by atoms with Crippen LogP contribution < -0.4 is 10.1 Å². The second-order valence-electron chi connectivity index (χ2n) is 5.40. The quantitative estimate of drug-likeness (QED) is 0.687. The van der Waals surface area contributed by atoms with E-state index in [0.717, 1.165) is 5.01 Å². The molecule has 0 aliphatic carbocycles. The van der Waals surface area contributed by atoms with Gasteiger partial charge in [-0.05, 0) is 36.8 Å². The third kappa shape index (κ3) is 2.71. The third-order valence-corrected chi connectivity index (χ3v) is 3.83. The van der Waals surface area contributed by atoms with E-state index in [9.17, 15) is 9.59 Å². The van der Waals surface area contributed by atoms with E-state index in [1.165, 1.54) is 6.21 Å². The van der Waals surface area contributed by atoms with Gasteiger partial charge >= 0.3 is 6.03 Å². The summed E-state index contributed by atoms with van der Waals surface area (Å²) in [6, 6.07) is 11.7. The molecule has 3 rings (SSSR count). The maximum Gasteiger partial charge on any atom is 0.346 e. The fourth-order valence-electron chi connectivity index (χ4n) is 2.42. The van der Waals surface area contributed by atoms with Crippen molar-refractivity contribution < 1.29 is 14.3 Å². The van der Waals surface area contributed by atoms with Crippen molar-refractivity contribution in [3.05, 3.63) is 59.9 Å².